The van der Waals surface area contributed by atoms with E-state index in [1.165, 1.54) is 19.2 Å². The van der Waals surface area contributed by atoms with Gasteiger partial charge in [-0.1, -0.05) is 0 Å². The number of fused-ring (bicyclic) bond motifs is 1. The van der Waals surface area contributed by atoms with Crippen LogP contribution in [0.3, 0.4) is 0 Å². The summed E-state index contributed by atoms with van der Waals surface area (Å²) in [4.78, 5) is 11.9. The van der Waals surface area contributed by atoms with Gasteiger partial charge in [0, 0.05) is 36.4 Å². The van der Waals surface area contributed by atoms with Crippen LogP contribution in [0.1, 0.15) is 11.1 Å². The molecule has 4 N–H and O–H groups in total. The van der Waals surface area contributed by atoms with Gasteiger partial charge < -0.3 is 16.0 Å². The third kappa shape index (κ3) is 4.09. The molecule has 4 aromatic rings. The number of sulfonamides is 1. The van der Waals surface area contributed by atoms with E-state index >= 15 is 0 Å². The lowest BCUT2D eigenvalue weighted by Gasteiger charge is -2.21. The van der Waals surface area contributed by atoms with Crippen LogP contribution in [0.15, 0.2) is 48.8 Å². The fourth-order valence-corrected chi connectivity index (χ4v) is 3.94. The van der Waals surface area contributed by atoms with Gasteiger partial charge in [-0.2, -0.15) is 0 Å². The molecule has 3 heterocycles. The molecule has 0 saturated carbocycles. The number of nitrogens with two attached hydrogens (primary N) is 1. The molecular formula is C22H23FN6O2S. The molecule has 32 heavy (non-hydrogen) atoms. The molecule has 0 amide bonds. The van der Waals surface area contributed by atoms with Crippen LogP contribution in [-0.2, 0) is 16.6 Å². The van der Waals surface area contributed by atoms with E-state index in [-0.39, 0.29) is 5.82 Å². The van der Waals surface area contributed by atoms with Crippen molar-refractivity contribution >= 4 is 38.2 Å². The molecule has 166 valence electrons. The Balaban J connectivity index is 1.72. The van der Waals surface area contributed by atoms with Crippen molar-refractivity contribution < 1.29 is 12.8 Å². The largest absolute Gasteiger partial charge is 0.396 e. The van der Waals surface area contributed by atoms with Crippen molar-refractivity contribution in [2.24, 2.45) is 0 Å². The number of hydrogen-bond acceptors (Lipinski definition) is 6. The lowest BCUT2D eigenvalue weighted by atomic mass is 10.1. The summed E-state index contributed by atoms with van der Waals surface area (Å²) in [6.45, 7) is 2.20. The van der Waals surface area contributed by atoms with Gasteiger partial charge in [-0.3, -0.25) is 4.31 Å². The first-order valence-electron chi connectivity index (χ1n) is 9.80. The molecule has 0 aliphatic rings. The van der Waals surface area contributed by atoms with E-state index in [1.54, 1.807) is 24.5 Å². The summed E-state index contributed by atoms with van der Waals surface area (Å²) in [6, 6.07) is 9.88. The smallest absolute Gasteiger partial charge is 0.233 e. The Morgan fingerprint density at radius 1 is 1.19 bits per heavy atom. The molecule has 1 aromatic carbocycles. The molecule has 0 atom stereocenters. The molecule has 4 rings (SSSR count). The van der Waals surface area contributed by atoms with Gasteiger partial charge in [-0.05, 0) is 54.4 Å². The number of halogens is 1. The topological polar surface area (TPSA) is 117 Å². The molecule has 0 spiro atoms. The highest BCUT2D eigenvalue weighted by Crippen LogP contribution is 2.33. The Morgan fingerprint density at radius 3 is 2.59 bits per heavy atom. The van der Waals surface area contributed by atoms with Gasteiger partial charge in [-0.15, -0.1) is 0 Å². The fourth-order valence-electron chi connectivity index (χ4n) is 3.47. The van der Waals surface area contributed by atoms with E-state index < -0.39 is 10.0 Å². The molecule has 0 aliphatic heterocycles. The molecule has 0 saturated heterocycles. The summed E-state index contributed by atoms with van der Waals surface area (Å²) < 4.78 is 38.6. The molecular weight excluding hydrogens is 431 g/mol. The fraction of sp³-hybridized carbons (Fsp3) is 0.182. The second-order valence-corrected chi connectivity index (χ2v) is 9.57. The zero-order chi connectivity index (χ0) is 23.0. The summed E-state index contributed by atoms with van der Waals surface area (Å²) in [7, 11) is -2.00. The lowest BCUT2D eigenvalue weighted by molar-refractivity contribution is 0.599. The average molecular weight is 455 g/mol. The normalized spacial score (nSPS) is 11.6. The van der Waals surface area contributed by atoms with Crippen molar-refractivity contribution in [3.8, 4) is 11.3 Å². The molecule has 3 aromatic heterocycles. The summed E-state index contributed by atoms with van der Waals surface area (Å²) in [5, 5.41) is 4.09. The predicted molar refractivity (Wildman–Crippen MR) is 125 cm³/mol. The Labute approximate surface area is 185 Å². The van der Waals surface area contributed by atoms with E-state index in [4.69, 9.17) is 5.73 Å². The molecule has 8 nitrogen and oxygen atoms in total. The first-order chi connectivity index (χ1) is 15.1. The zero-order valence-electron chi connectivity index (χ0n) is 17.8. The van der Waals surface area contributed by atoms with Crippen LogP contribution in [0.25, 0.3) is 22.3 Å². The molecule has 0 bridgehead atoms. The van der Waals surface area contributed by atoms with Crippen molar-refractivity contribution in [1.82, 2.24) is 15.0 Å². The molecule has 0 radical (unpaired) electrons. The minimum atomic E-state index is -3.47. The van der Waals surface area contributed by atoms with Gasteiger partial charge in [0.15, 0.2) is 0 Å². The van der Waals surface area contributed by atoms with Gasteiger partial charge in [0.1, 0.15) is 17.3 Å². The third-order valence-corrected chi connectivity index (χ3v) is 6.52. The number of pyridine rings is 2. The van der Waals surface area contributed by atoms with Crippen LogP contribution in [0.5, 0.6) is 0 Å². The number of aryl methyl sites for hydroxylation is 1. The maximum absolute atomic E-state index is 13.3. The third-order valence-electron chi connectivity index (χ3n) is 5.35. The first-order valence-corrected chi connectivity index (χ1v) is 11.7. The summed E-state index contributed by atoms with van der Waals surface area (Å²) in [5.41, 5.74) is 11.2. The van der Waals surface area contributed by atoms with Crippen LogP contribution >= 0.6 is 0 Å². The number of benzene rings is 1. The Bertz CT molecular complexity index is 1400. The number of anilines is 3. The van der Waals surface area contributed by atoms with Crippen LogP contribution in [0.2, 0.25) is 0 Å². The maximum Gasteiger partial charge on any atom is 0.233 e. The van der Waals surface area contributed by atoms with Crippen LogP contribution < -0.4 is 15.4 Å². The number of hydrogen-bond donors (Lipinski definition) is 3. The van der Waals surface area contributed by atoms with Crippen LogP contribution in [-0.4, -0.2) is 36.7 Å². The van der Waals surface area contributed by atoms with Gasteiger partial charge >= 0.3 is 0 Å². The van der Waals surface area contributed by atoms with Gasteiger partial charge in [0.05, 0.1) is 23.8 Å². The quantitative estimate of drug-likeness (QED) is 0.409. The number of rotatable bonds is 6. The number of nitrogens with one attached hydrogen (secondary N) is 2. The second-order valence-electron chi connectivity index (χ2n) is 7.55. The number of aromatic amines is 1. The van der Waals surface area contributed by atoms with E-state index in [0.29, 0.717) is 29.4 Å². The Morgan fingerprint density at radius 2 is 1.91 bits per heavy atom. The second kappa shape index (κ2) is 8.12. The molecule has 0 fully saturated rings. The number of nitrogen functional groups attached to an aromatic ring is 1. The number of nitrogens with zero attached hydrogens (tertiary/aromatic N) is 3. The van der Waals surface area contributed by atoms with Crippen molar-refractivity contribution in [2.75, 3.05) is 28.7 Å². The molecule has 0 unspecified atom stereocenters. The maximum atomic E-state index is 13.3. The van der Waals surface area contributed by atoms with E-state index in [9.17, 15) is 12.8 Å². The van der Waals surface area contributed by atoms with E-state index in [2.05, 4.69) is 20.3 Å². The van der Waals surface area contributed by atoms with Crippen molar-refractivity contribution in [3.05, 3.63) is 65.7 Å². The first kappa shape index (κ1) is 21.6. The van der Waals surface area contributed by atoms with Gasteiger partial charge in [0.2, 0.25) is 10.0 Å². The molecule has 0 aliphatic carbocycles. The highest BCUT2D eigenvalue weighted by atomic mass is 32.2. The monoisotopic (exact) mass is 454 g/mol. The SMILES string of the molecule is Cc1ccnc(N(C)S(C)(=O)=O)c1CNc1c(N)cnc2[nH]c(-c3ccc(F)cc3)cc12. The van der Waals surface area contributed by atoms with Crippen molar-refractivity contribution in [1.29, 1.82) is 0 Å². The standard InChI is InChI=1S/C22H23FN6O2S/c1-13-8-9-25-22(29(2)32(3,30)31)17(13)11-26-20-16-10-19(14-4-6-15(23)7-5-14)28-21(16)27-12-18(20)24/h4-10,12H,11,24H2,1-3H3,(H2,26,27,28). The predicted octanol–water partition coefficient (Wildman–Crippen LogP) is 3.66. The lowest BCUT2D eigenvalue weighted by Crippen LogP contribution is -2.27. The van der Waals surface area contributed by atoms with Crippen molar-refractivity contribution in [3.63, 3.8) is 0 Å². The molecule has 10 heteroatoms. The summed E-state index contributed by atoms with van der Waals surface area (Å²) >= 11 is 0. The minimum Gasteiger partial charge on any atom is -0.396 e. The van der Waals surface area contributed by atoms with Crippen molar-refractivity contribution in [2.45, 2.75) is 13.5 Å². The Hall–Kier alpha value is -3.66. The summed E-state index contributed by atoms with van der Waals surface area (Å²) in [5.74, 6) is 0.0428. The van der Waals surface area contributed by atoms with E-state index in [1.807, 2.05) is 19.1 Å². The van der Waals surface area contributed by atoms with Gasteiger partial charge in [-0.25, -0.2) is 22.8 Å². The van der Waals surface area contributed by atoms with Crippen LogP contribution in [0.4, 0.5) is 21.6 Å². The van der Waals surface area contributed by atoms with Gasteiger partial charge in [0.25, 0.3) is 0 Å². The number of H-pyrrole nitrogens is 1. The van der Waals surface area contributed by atoms with Crippen LogP contribution in [0, 0.1) is 12.7 Å². The minimum absolute atomic E-state index is 0.301. The highest BCUT2D eigenvalue weighted by Gasteiger charge is 2.19. The van der Waals surface area contributed by atoms with E-state index in [0.717, 1.165) is 38.3 Å². The Kier molecular flexibility index (Phi) is 5.47. The number of aromatic nitrogens is 3. The summed E-state index contributed by atoms with van der Waals surface area (Å²) in [6.07, 6.45) is 4.26. The zero-order valence-corrected chi connectivity index (χ0v) is 18.7. The highest BCUT2D eigenvalue weighted by molar-refractivity contribution is 7.92. The average Bonchev–Trinajstić information content (AvgIpc) is 3.17.